The number of nitrogens with zero attached hydrogens (tertiary/aromatic N) is 1. The average molecular weight is 209 g/mol. The summed E-state index contributed by atoms with van der Waals surface area (Å²) in [5, 5.41) is 9.91. The summed E-state index contributed by atoms with van der Waals surface area (Å²) in [5.41, 5.74) is 0.385. The number of amides is 1. The van der Waals surface area contributed by atoms with Gasteiger partial charge in [-0.3, -0.25) is 4.79 Å². The van der Waals surface area contributed by atoms with Crippen molar-refractivity contribution >= 4 is 17.6 Å². The molecule has 5 heteroatoms. The number of carbonyl (C=O) groups excluding carboxylic acids is 2. The third-order valence-corrected chi connectivity index (χ3v) is 1.59. The van der Waals surface area contributed by atoms with E-state index in [9.17, 15) is 9.59 Å². The van der Waals surface area contributed by atoms with Crippen molar-refractivity contribution in [2.45, 2.75) is 13.8 Å². The molecule has 1 aromatic carbocycles. The molecule has 0 saturated heterocycles. The Morgan fingerprint density at radius 3 is 2.13 bits per heavy atom. The summed E-state index contributed by atoms with van der Waals surface area (Å²) in [6.45, 7) is 2.48. The maximum atomic E-state index is 11.2. The van der Waals surface area contributed by atoms with Gasteiger partial charge in [0, 0.05) is 13.8 Å². The Kier molecular flexibility index (Phi) is 3.28. The number of hydrogen-bond donors (Lipinski definition) is 1. The Bertz CT molecular complexity index is 372. The molecule has 1 rings (SSSR count). The predicted octanol–water partition coefficient (Wildman–Crippen LogP) is 1.22. The van der Waals surface area contributed by atoms with E-state index in [0.717, 1.165) is 5.06 Å². The quantitative estimate of drug-likeness (QED) is 0.706. The van der Waals surface area contributed by atoms with Gasteiger partial charge >= 0.3 is 5.97 Å². The van der Waals surface area contributed by atoms with Crippen LogP contribution in [-0.4, -0.2) is 17.0 Å². The molecule has 0 bridgehead atoms. The van der Waals surface area contributed by atoms with E-state index >= 15 is 0 Å². The number of carbonyl (C=O) groups is 2. The third kappa shape index (κ3) is 2.98. The highest BCUT2D eigenvalue weighted by Crippen LogP contribution is 2.18. The molecule has 0 aliphatic heterocycles. The van der Waals surface area contributed by atoms with E-state index < -0.39 is 11.9 Å². The molecule has 1 N–H and O–H groups in total. The number of benzene rings is 1. The van der Waals surface area contributed by atoms with Crippen molar-refractivity contribution in [2.75, 3.05) is 5.06 Å². The van der Waals surface area contributed by atoms with Crippen molar-refractivity contribution in [1.29, 1.82) is 0 Å². The second-order valence-electron chi connectivity index (χ2n) is 2.91. The molecule has 0 unspecified atom stereocenters. The molecular formula is C10H11NO4. The molecule has 5 nitrogen and oxygen atoms in total. The molecule has 0 fully saturated rings. The lowest BCUT2D eigenvalue weighted by atomic mass is 10.3. The Hall–Kier alpha value is -2.04. The van der Waals surface area contributed by atoms with Crippen molar-refractivity contribution in [1.82, 2.24) is 0 Å². The van der Waals surface area contributed by atoms with E-state index in [0.29, 0.717) is 5.69 Å². The van der Waals surface area contributed by atoms with E-state index in [1.165, 1.54) is 38.1 Å². The first-order chi connectivity index (χ1) is 7.00. The summed E-state index contributed by atoms with van der Waals surface area (Å²) in [6, 6.07) is 5.74. The number of hydrogen-bond acceptors (Lipinski definition) is 4. The van der Waals surface area contributed by atoms with Gasteiger partial charge in [0.15, 0.2) is 0 Å². The van der Waals surface area contributed by atoms with Crippen LogP contribution in [0.3, 0.4) is 0 Å². The average Bonchev–Trinajstić information content (AvgIpc) is 2.15. The molecule has 1 amide bonds. The Morgan fingerprint density at radius 2 is 1.73 bits per heavy atom. The number of rotatable bonds is 1. The van der Waals surface area contributed by atoms with Gasteiger partial charge in [0.1, 0.15) is 5.75 Å². The molecule has 80 valence electrons. The van der Waals surface area contributed by atoms with Gasteiger partial charge in [-0.05, 0) is 24.3 Å². The standard InChI is InChI=1S/C10H11NO4/c1-7(12)11(15-8(2)13)9-3-5-10(14)6-4-9/h3-6,14H,1-2H3. The second kappa shape index (κ2) is 4.45. The molecule has 0 aromatic heterocycles. The zero-order valence-electron chi connectivity index (χ0n) is 8.43. The van der Waals surface area contributed by atoms with Gasteiger partial charge in [-0.25, -0.2) is 4.79 Å². The van der Waals surface area contributed by atoms with E-state index in [4.69, 9.17) is 9.94 Å². The molecule has 0 aliphatic carbocycles. The van der Waals surface area contributed by atoms with E-state index in [-0.39, 0.29) is 5.75 Å². The predicted molar refractivity (Wildman–Crippen MR) is 53.0 cm³/mol. The molecule has 0 spiro atoms. The first-order valence-corrected chi connectivity index (χ1v) is 4.29. The summed E-state index contributed by atoms with van der Waals surface area (Å²) in [6.07, 6.45) is 0. The van der Waals surface area contributed by atoms with Crippen LogP contribution in [0.25, 0.3) is 0 Å². The Labute approximate surface area is 86.8 Å². The molecule has 1 aromatic rings. The normalized spacial score (nSPS) is 9.47. The minimum absolute atomic E-state index is 0.0741. The van der Waals surface area contributed by atoms with Gasteiger partial charge in [-0.2, -0.15) is 0 Å². The summed E-state index contributed by atoms with van der Waals surface area (Å²) in [5.74, 6) is -0.931. The number of anilines is 1. The van der Waals surface area contributed by atoms with Gasteiger partial charge in [-0.1, -0.05) is 0 Å². The van der Waals surface area contributed by atoms with Crippen LogP contribution < -0.4 is 5.06 Å². The molecular weight excluding hydrogens is 198 g/mol. The van der Waals surface area contributed by atoms with Crippen molar-refractivity contribution in [3.05, 3.63) is 24.3 Å². The number of hydroxylamine groups is 1. The fourth-order valence-electron chi connectivity index (χ4n) is 1.02. The maximum Gasteiger partial charge on any atom is 0.330 e. The zero-order valence-corrected chi connectivity index (χ0v) is 8.43. The molecule has 0 aliphatic rings. The molecule has 0 saturated carbocycles. The summed E-state index contributed by atoms with van der Waals surface area (Å²) < 4.78 is 0. The monoisotopic (exact) mass is 209 g/mol. The highest BCUT2D eigenvalue weighted by Gasteiger charge is 2.14. The first kappa shape index (κ1) is 11.0. The summed E-state index contributed by atoms with van der Waals surface area (Å²) in [4.78, 5) is 26.6. The van der Waals surface area contributed by atoms with Crippen LogP contribution >= 0.6 is 0 Å². The van der Waals surface area contributed by atoms with Crippen LogP contribution in [-0.2, 0) is 14.4 Å². The van der Waals surface area contributed by atoms with Crippen LogP contribution in [0, 0.1) is 0 Å². The summed E-state index contributed by atoms with van der Waals surface area (Å²) in [7, 11) is 0. The van der Waals surface area contributed by atoms with Crippen LogP contribution in [0.4, 0.5) is 5.69 Å². The van der Waals surface area contributed by atoms with Crippen molar-refractivity contribution in [2.24, 2.45) is 0 Å². The Balaban J connectivity index is 2.94. The van der Waals surface area contributed by atoms with Gasteiger partial charge in [0.25, 0.3) is 5.91 Å². The zero-order chi connectivity index (χ0) is 11.4. The fourth-order valence-corrected chi connectivity index (χ4v) is 1.02. The van der Waals surface area contributed by atoms with Gasteiger partial charge in [0.2, 0.25) is 0 Å². The third-order valence-electron chi connectivity index (χ3n) is 1.59. The maximum absolute atomic E-state index is 11.2. The van der Waals surface area contributed by atoms with E-state index in [1.807, 2.05) is 0 Å². The lowest BCUT2D eigenvalue weighted by molar-refractivity contribution is -0.147. The fraction of sp³-hybridized carbons (Fsp3) is 0.200. The molecule has 0 atom stereocenters. The minimum atomic E-state index is -0.585. The summed E-state index contributed by atoms with van der Waals surface area (Å²) >= 11 is 0. The topological polar surface area (TPSA) is 66.8 Å². The van der Waals surface area contributed by atoms with Crippen LogP contribution in [0.15, 0.2) is 24.3 Å². The highest BCUT2D eigenvalue weighted by atomic mass is 16.7. The van der Waals surface area contributed by atoms with Crippen LogP contribution in [0.5, 0.6) is 5.75 Å². The largest absolute Gasteiger partial charge is 0.508 e. The molecule has 15 heavy (non-hydrogen) atoms. The van der Waals surface area contributed by atoms with Crippen LogP contribution in [0.2, 0.25) is 0 Å². The van der Waals surface area contributed by atoms with Crippen molar-refractivity contribution in [3.63, 3.8) is 0 Å². The smallest absolute Gasteiger partial charge is 0.330 e. The van der Waals surface area contributed by atoms with Gasteiger partial charge < -0.3 is 9.94 Å². The second-order valence-corrected chi connectivity index (χ2v) is 2.91. The number of phenolic OH excluding ortho intramolecular Hbond substituents is 1. The minimum Gasteiger partial charge on any atom is -0.508 e. The highest BCUT2D eigenvalue weighted by molar-refractivity contribution is 5.91. The number of aromatic hydroxyl groups is 1. The van der Waals surface area contributed by atoms with E-state index in [1.54, 1.807) is 0 Å². The Morgan fingerprint density at radius 1 is 1.20 bits per heavy atom. The molecule has 0 radical (unpaired) electrons. The van der Waals surface area contributed by atoms with Gasteiger partial charge in [-0.15, -0.1) is 5.06 Å². The van der Waals surface area contributed by atoms with Gasteiger partial charge in [0.05, 0.1) is 5.69 Å². The lowest BCUT2D eigenvalue weighted by Gasteiger charge is -2.18. The van der Waals surface area contributed by atoms with Crippen LogP contribution in [0.1, 0.15) is 13.8 Å². The number of phenols is 1. The lowest BCUT2D eigenvalue weighted by Crippen LogP contribution is -2.30. The van der Waals surface area contributed by atoms with Crippen molar-refractivity contribution < 1.29 is 19.5 Å². The van der Waals surface area contributed by atoms with Crippen molar-refractivity contribution in [3.8, 4) is 5.75 Å². The van der Waals surface area contributed by atoms with E-state index in [2.05, 4.69) is 0 Å². The first-order valence-electron chi connectivity index (χ1n) is 4.29. The SMILES string of the molecule is CC(=O)ON(C(C)=O)c1ccc(O)cc1. The molecule has 0 heterocycles.